The van der Waals surface area contributed by atoms with Gasteiger partial charge in [0.15, 0.2) is 0 Å². The van der Waals surface area contributed by atoms with Gasteiger partial charge in [0.1, 0.15) is 0 Å². The molecule has 2 fully saturated rings. The molecular weight excluding hydrogens is 250 g/mol. The minimum Gasteiger partial charge on any atom is -0.274 e. The molecule has 0 aromatic heterocycles. The maximum atomic E-state index is 12.9. The highest BCUT2D eigenvalue weighted by atomic mass is 16.2. The van der Waals surface area contributed by atoms with Crippen molar-refractivity contribution >= 4 is 17.5 Å². The van der Waals surface area contributed by atoms with Gasteiger partial charge in [-0.05, 0) is 43.7 Å². The van der Waals surface area contributed by atoms with E-state index >= 15 is 0 Å². The molecule has 1 heterocycles. The standard InChI is InChI=1S/C17H17NO2/c1-10-5-3-4-6-13(10)18-15(19)14-11-7-8-12(9-11)17(14,2)16(18)20/h3-8,11-12,14H,9H2,1-2H3. The van der Waals surface area contributed by atoms with Crippen molar-refractivity contribution < 1.29 is 9.59 Å². The van der Waals surface area contributed by atoms with Crippen molar-refractivity contribution in [2.45, 2.75) is 20.3 Å². The molecule has 3 nitrogen and oxygen atoms in total. The number of fused-ring (bicyclic) bond motifs is 5. The third-order valence-corrected chi connectivity index (χ3v) is 5.47. The largest absolute Gasteiger partial charge is 0.274 e. The van der Waals surface area contributed by atoms with E-state index in [1.54, 1.807) is 0 Å². The van der Waals surface area contributed by atoms with Gasteiger partial charge in [0.2, 0.25) is 11.8 Å². The minimum atomic E-state index is -0.529. The lowest BCUT2D eigenvalue weighted by Gasteiger charge is -2.28. The molecule has 2 amide bonds. The zero-order valence-corrected chi connectivity index (χ0v) is 11.7. The van der Waals surface area contributed by atoms with E-state index in [1.807, 2.05) is 38.1 Å². The second-order valence-corrected chi connectivity index (χ2v) is 6.42. The summed E-state index contributed by atoms with van der Waals surface area (Å²) in [5, 5.41) is 0. The molecule has 4 unspecified atom stereocenters. The molecular formula is C17H17NO2. The third kappa shape index (κ3) is 1.17. The first-order chi connectivity index (χ1) is 9.55. The lowest BCUT2D eigenvalue weighted by atomic mass is 9.71. The predicted octanol–water partition coefficient (Wildman–Crippen LogP) is 2.70. The Kier molecular flexibility index (Phi) is 2.14. The number of amides is 2. The Morgan fingerprint density at radius 2 is 1.95 bits per heavy atom. The van der Waals surface area contributed by atoms with Gasteiger partial charge in [-0.1, -0.05) is 30.4 Å². The average molecular weight is 267 g/mol. The summed E-state index contributed by atoms with van der Waals surface area (Å²) >= 11 is 0. The van der Waals surface area contributed by atoms with Gasteiger partial charge in [-0.2, -0.15) is 0 Å². The van der Waals surface area contributed by atoms with Gasteiger partial charge in [0.25, 0.3) is 0 Å². The third-order valence-electron chi connectivity index (χ3n) is 5.47. The summed E-state index contributed by atoms with van der Waals surface area (Å²) in [4.78, 5) is 27.2. The highest BCUT2D eigenvalue weighted by Crippen LogP contribution is 2.60. The molecule has 20 heavy (non-hydrogen) atoms. The number of rotatable bonds is 1. The quantitative estimate of drug-likeness (QED) is 0.579. The van der Waals surface area contributed by atoms with E-state index in [1.165, 1.54) is 4.90 Å². The lowest BCUT2D eigenvalue weighted by Crippen LogP contribution is -2.37. The van der Waals surface area contributed by atoms with Crippen LogP contribution in [-0.4, -0.2) is 11.8 Å². The first kappa shape index (κ1) is 11.9. The van der Waals surface area contributed by atoms with Crippen LogP contribution >= 0.6 is 0 Å². The molecule has 4 atom stereocenters. The van der Waals surface area contributed by atoms with E-state index < -0.39 is 5.41 Å². The monoisotopic (exact) mass is 267 g/mol. The van der Waals surface area contributed by atoms with Gasteiger partial charge < -0.3 is 0 Å². The number of anilines is 1. The maximum absolute atomic E-state index is 12.9. The predicted molar refractivity (Wildman–Crippen MR) is 76.0 cm³/mol. The molecule has 3 heteroatoms. The molecule has 102 valence electrons. The van der Waals surface area contributed by atoms with E-state index in [0.717, 1.165) is 17.7 Å². The van der Waals surface area contributed by atoms with Crippen LogP contribution in [0.5, 0.6) is 0 Å². The normalized spacial score (nSPS) is 37.9. The second kappa shape index (κ2) is 3.60. The molecule has 1 saturated heterocycles. The lowest BCUT2D eigenvalue weighted by molar-refractivity contribution is -0.127. The molecule has 2 aliphatic carbocycles. The molecule has 4 rings (SSSR count). The van der Waals surface area contributed by atoms with Gasteiger partial charge >= 0.3 is 0 Å². The van der Waals surface area contributed by atoms with Crippen molar-refractivity contribution in [1.82, 2.24) is 0 Å². The van der Waals surface area contributed by atoms with Crippen LogP contribution in [-0.2, 0) is 9.59 Å². The Labute approximate surface area is 118 Å². The fourth-order valence-electron chi connectivity index (χ4n) is 4.35. The summed E-state index contributed by atoms with van der Waals surface area (Å²) < 4.78 is 0. The molecule has 0 spiro atoms. The second-order valence-electron chi connectivity index (χ2n) is 6.42. The fourth-order valence-corrected chi connectivity index (χ4v) is 4.35. The number of imide groups is 1. The van der Waals surface area contributed by atoms with Gasteiger partial charge in [-0.15, -0.1) is 0 Å². The molecule has 1 aliphatic heterocycles. The number of carbonyl (C=O) groups excluding carboxylic acids is 2. The average Bonchev–Trinajstić information content (AvgIpc) is 3.05. The summed E-state index contributed by atoms with van der Waals surface area (Å²) in [6.07, 6.45) is 5.22. The van der Waals surface area contributed by atoms with Crippen molar-refractivity contribution in [1.29, 1.82) is 0 Å². The van der Waals surface area contributed by atoms with E-state index in [-0.39, 0.29) is 29.6 Å². The van der Waals surface area contributed by atoms with Gasteiger partial charge in [-0.3, -0.25) is 9.59 Å². The fraction of sp³-hybridized carbons (Fsp3) is 0.412. The molecule has 2 bridgehead atoms. The van der Waals surface area contributed by atoms with E-state index in [9.17, 15) is 9.59 Å². The van der Waals surface area contributed by atoms with Crippen molar-refractivity contribution in [3.8, 4) is 0 Å². The van der Waals surface area contributed by atoms with Crippen LogP contribution in [0.2, 0.25) is 0 Å². The number of hydrogen-bond acceptors (Lipinski definition) is 2. The van der Waals surface area contributed by atoms with Crippen LogP contribution in [0.15, 0.2) is 36.4 Å². The number of hydrogen-bond donors (Lipinski definition) is 0. The van der Waals surface area contributed by atoms with Gasteiger partial charge in [-0.25, -0.2) is 4.90 Å². The number of para-hydroxylation sites is 1. The molecule has 3 aliphatic rings. The van der Waals surface area contributed by atoms with Crippen LogP contribution in [0.3, 0.4) is 0 Å². The van der Waals surface area contributed by atoms with Crippen LogP contribution in [0.25, 0.3) is 0 Å². The van der Waals surface area contributed by atoms with Crippen molar-refractivity contribution in [3.63, 3.8) is 0 Å². The van der Waals surface area contributed by atoms with Crippen molar-refractivity contribution in [2.75, 3.05) is 4.90 Å². The Morgan fingerprint density at radius 3 is 2.65 bits per heavy atom. The van der Waals surface area contributed by atoms with E-state index in [2.05, 4.69) is 12.2 Å². The number of allylic oxidation sites excluding steroid dienone is 2. The minimum absolute atomic E-state index is 0.0105. The molecule has 1 saturated carbocycles. The molecule has 1 aromatic carbocycles. The summed E-state index contributed by atoms with van der Waals surface area (Å²) in [7, 11) is 0. The summed E-state index contributed by atoms with van der Waals surface area (Å²) in [6.45, 7) is 3.92. The smallest absolute Gasteiger partial charge is 0.241 e. The van der Waals surface area contributed by atoms with Gasteiger partial charge in [0, 0.05) is 0 Å². The van der Waals surface area contributed by atoms with Crippen molar-refractivity contribution in [3.05, 3.63) is 42.0 Å². The summed E-state index contributed by atoms with van der Waals surface area (Å²) in [6, 6.07) is 7.62. The topological polar surface area (TPSA) is 37.4 Å². The van der Waals surface area contributed by atoms with Crippen LogP contribution < -0.4 is 4.90 Å². The summed E-state index contributed by atoms with van der Waals surface area (Å²) in [5.41, 5.74) is 1.19. The van der Waals surface area contributed by atoms with Crippen molar-refractivity contribution in [2.24, 2.45) is 23.2 Å². The highest BCUT2D eigenvalue weighted by Gasteiger charge is 2.67. The molecule has 0 N–H and O–H groups in total. The molecule has 0 radical (unpaired) electrons. The Balaban J connectivity index is 1.85. The first-order valence-electron chi connectivity index (χ1n) is 7.17. The van der Waals surface area contributed by atoms with Crippen LogP contribution in [0.4, 0.5) is 5.69 Å². The Hall–Kier alpha value is -1.90. The van der Waals surface area contributed by atoms with Gasteiger partial charge in [0.05, 0.1) is 17.0 Å². The SMILES string of the molecule is Cc1ccccc1N1C(=O)C2C3C=CC(C3)C2(C)C1=O. The Bertz CT molecular complexity index is 663. The highest BCUT2D eigenvalue weighted by molar-refractivity contribution is 6.24. The number of carbonyl (C=O) groups is 2. The van der Waals surface area contributed by atoms with Crippen LogP contribution in [0, 0.1) is 30.1 Å². The zero-order valence-electron chi connectivity index (χ0n) is 11.7. The maximum Gasteiger partial charge on any atom is 0.241 e. The number of nitrogens with zero attached hydrogens (tertiary/aromatic N) is 1. The number of aryl methyl sites for hydroxylation is 1. The van der Waals surface area contributed by atoms with E-state index in [4.69, 9.17) is 0 Å². The number of benzene rings is 1. The molecule has 1 aromatic rings. The zero-order chi connectivity index (χ0) is 14.1. The Morgan fingerprint density at radius 1 is 1.20 bits per heavy atom. The summed E-state index contributed by atoms with van der Waals surface area (Å²) in [5.74, 6) is 0.283. The first-order valence-corrected chi connectivity index (χ1v) is 7.17. The van der Waals surface area contributed by atoms with E-state index in [0.29, 0.717) is 0 Å². The van der Waals surface area contributed by atoms with Crippen LogP contribution in [0.1, 0.15) is 18.9 Å².